The Morgan fingerprint density at radius 3 is 2.65 bits per heavy atom. The van der Waals surface area contributed by atoms with Crippen molar-refractivity contribution in [3.05, 3.63) is 48.0 Å². The summed E-state index contributed by atoms with van der Waals surface area (Å²) in [4.78, 5) is 15.9. The maximum Gasteiger partial charge on any atom is 0.407 e. The zero-order chi connectivity index (χ0) is 16.9. The lowest BCUT2D eigenvalue weighted by molar-refractivity contribution is 0.0523. The van der Waals surface area contributed by atoms with Gasteiger partial charge in [-0.2, -0.15) is 0 Å². The van der Waals surface area contributed by atoms with Gasteiger partial charge in [0, 0.05) is 25.5 Å². The van der Waals surface area contributed by atoms with E-state index in [1.165, 1.54) is 0 Å². The Morgan fingerprint density at radius 2 is 2.00 bits per heavy atom. The number of aryl methyl sites for hydroxylation is 1. The molecule has 0 spiro atoms. The average molecular weight is 316 g/mol. The van der Waals surface area contributed by atoms with Crippen LogP contribution in [0.2, 0.25) is 0 Å². The molecule has 0 bridgehead atoms. The number of para-hydroxylation sites is 1. The molecular weight excluding hydrogens is 292 g/mol. The van der Waals surface area contributed by atoms with E-state index in [9.17, 15) is 4.79 Å². The number of nitrogens with one attached hydrogen (secondary N) is 2. The van der Waals surface area contributed by atoms with Crippen molar-refractivity contribution in [1.82, 2.24) is 14.9 Å². The van der Waals surface area contributed by atoms with Gasteiger partial charge in [-0.15, -0.1) is 0 Å². The summed E-state index contributed by atoms with van der Waals surface area (Å²) in [7, 11) is 1.96. The summed E-state index contributed by atoms with van der Waals surface area (Å²) in [6.07, 6.45) is 3.18. The molecule has 124 valence electrons. The zero-order valence-electron chi connectivity index (χ0n) is 14.1. The number of carbonyl (C=O) groups excluding carboxylic acids is 1. The van der Waals surface area contributed by atoms with Crippen molar-refractivity contribution in [3.63, 3.8) is 0 Å². The molecule has 0 radical (unpaired) electrons. The minimum atomic E-state index is -0.499. The molecule has 0 saturated heterocycles. The molecule has 0 aliphatic heterocycles. The fraction of sp³-hybridized carbons (Fsp3) is 0.412. The van der Waals surface area contributed by atoms with E-state index in [0.717, 1.165) is 16.9 Å². The first-order valence-electron chi connectivity index (χ1n) is 7.59. The van der Waals surface area contributed by atoms with E-state index < -0.39 is 11.7 Å². The van der Waals surface area contributed by atoms with Crippen molar-refractivity contribution in [2.24, 2.45) is 7.05 Å². The smallest absolute Gasteiger partial charge is 0.407 e. The Morgan fingerprint density at radius 1 is 1.26 bits per heavy atom. The fourth-order valence-electron chi connectivity index (χ4n) is 2.07. The third-order valence-electron chi connectivity index (χ3n) is 3.22. The molecule has 0 aliphatic carbocycles. The van der Waals surface area contributed by atoms with Crippen molar-refractivity contribution >= 4 is 11.8 Å². The third kappa shape index (κ3) is 5.32. The summed E-state index contributed by atoms with van der Waals surface area (Å²) in [5.41, 5.74) is 2.56. The van der Waals surface area contributed by atoms with Gasteiger partial charge >= 0.3 is 6.09 Å². The molecule has 0 unspecified atom stereocenters. The number of nitrogens with zero attached hydrogens (tertiary/aromatic N) is 2. The third-order valence-corrected chi connectivity index (χ3v) is 3.22. The number of hydrogen-bond acceptors (Lipinski definition) is 4. The van der Waals surface area contributed by atoms with E-state index in [1.807, 2.05) is 62.8 Å². The topological polar surface area (TPSA) is 68.2 Å². The largest absolute Gasteiger partial charge is 0.444 e. The summed E-state index contributed by atoms with van der Waals surface area (Å²) in [5, 5.41) is 6.16. The van der Waals surface area contributed by atoms with Crippen LogP contribution in [0.4, 0.5) is 10.5 Å². The monoisotopic (exact) mass is 316 g/mol. The number of imidazole rings is 1. The standard InChI is InChI=1S/C17H24N4O2/c1-17(2,3)23-16(22)20-9-13-7-5-6-8-15(13)19-11-14-10-18-12-21(14)4/h5-8,10,12,19H,9,11H2,1-4H3,(H,20,22). The van der Waals surface area contributed by atoms with E-state index in [1.54, 1.807) is 6.33 Å². The second-order valence-electron chi connectivity index (χ2n) is 6.36. The van der Waals surface area contributed by atoms with E-state index >= 15 is 0 Å². The van der Waals surface area contributed by atoms with Crippen molar-refractivity contribution in [1.29, 1.82) is 0 Å². The van der Waals surface area contributed by atoms with Crippen LogP contribution in [0, 0.1) is 0 Å². The first-order chi connectivity index (χ1) is 10.8. The number of ether oxygens (including phenoxy) is 1. The summed E-state index contributed by atoms with van der Waals surface area (Å²) < 4.78 is 7.22. The molecule has 0 atom stereocenters. The van der Waals surface area contributed by atoms with Gasteiger partial charge in [0.15, 0.2) is 0 Å². The molecule has 1 amide bonds. The highest BCUT2D eigenvalue weighted by Gasteiger charge is 2.16. The van der Waals surface area contributed by atoms with Gasteiger partial charge in [-0.05, 0) is 32.4 Å². The van der Waals surface area contributed by atoms with E-state index in [4.69, 9.17) is 4.74 Å². The van der Waals surface area contributed by atoms with Crippen LogP contribution >= 0.6 is 0 Å². The van der Waals surface area contributed by atoms with Crippen LogP contribution in [0.15, 0.2) is 36.8 Å². The number of hydrogen-bond donors (Lipinski definition) is 2. The lowest BCUT2D eigenvalue weighted by Gasteiger charge is -2.20. The highest BCUT2D eigenvalue weighted by molar-refractivity contribution is 5.68. The van der Waals surface area contributed by atoms with Crippen molar-refractivity contribution in [3.8, 4) is 0 Å². The molecule has 0 fully saturated rings. The molecule has 0 saturated carbocycles. The van der Waals surface area contributed by atoms with Crippen LogP contribution < -0.4 is 10.6 Å². The van der Waals surface area contributed by atoms with Gasteiger partial charge in [0.25, 0.3) is 0 Å². The first kappa shape index (κ1) is 16.9. The van der Waals surface area contributed by atoms with Crippen LogP contribution in [0.3, 0.4) is 0 Å². The minimum Gasteiger partial charge on any atom is -0.444 e. The average Bonchev–Trinajstić information content (AvgIpc) is 2.87. The highest BCUT2D eigenvalue weighted by atomic mass is 16.6. The van der Waals surface area contributed by atoms with Gasteiger partial charge in [0.05, 0.1) is 18.6 Å². The van der Waals surface area contributed by atoms with Gasteiger partial charge in [-0.1, -0.05) is 18.2 Å². The van der Waals surface area contributed by atoms with Crippen molar-refractivity contribution in [2.75, 3.05) is 5.32 Å². The highest BCUT2D eigenvalue weighted by Crippen LogP contribution is 2.16. The van der Waals surface area contributed by atoms with Crippen LogP contribution in [0.5, 0.6) is 0 Å². The lowest BCUT2D eigenvalue weighted by Crippen LogP contribution is -2.32. The van der Waals surface area contributed by atoms with E-state index in [2.05, 4.69) is 15.6 Å². The number of aromatic nitrogens is 2. The van der Waals surface area contributed by atoms with Gasteiger partial charge in [0.1, 0.15) is 5.60 Å². The molecule has 2 aromatic rings. The summed E-state index contributed by atoms with van der Waals surface area (Å²) >= 11 is 0. The van der Waals surface area contributed by atoms with E-state index in [-0.39, 0.29) is 0 Å². The number of carbonyl (C=O) groups is 1. The van der Waals surface area contributed by atoms with Crippen LogP contribution in [-0.4, -0.2) is 21.2 Å². The zero-order valence-corrected chi connectivity index (χ0v) is 14.1. The second kappa shape index (κ2) is 7.17. The molecule has 6 heteroatoms. The number of rotatable bonds is 5. The van der Waals surface area contributed by atoms with Crippen LogP contribution in [-0.2, 0) is 24.9 Å². The maximum absolute atomic E-state index is 11.8. The van der Waals surface area contributed by atoms with Gasteiger partial charge in [-0.3, -0.25) is 0 Å². The number of alkyl carbamates (subject to hydrolysis) is 1. The van der Waals surface area contributed by atoms with E-state index in [0.29, 0.717) is 13.1 Å². The number of benzene rings is 1. The Kier molecular flexibility index (Phi) is 5.26. The fourth-order valence-corrected chi connectivity index (χ4v) is 2.07. The first-order valence-corrected chi connectivity index (χ1v) is 7.59. The molecular formula is C17H24N4O2. The predicted molar refractivity (Wildman–Crippen MR) is 90.1 cm³/mol. The summed E-state index contributed by atoms with van der Waals surface area (Å²) in [5.74, 6) is 0. The molecule has 1 heterocycles. The quantitative estimate of drug-likeness (QED) is 0.889. The Labute approximate surface area is 136 Å². The van der Waals surface area contributed by atoms with Gasteiger partial charge in [-0.25, -0.2) is 9.78 Å². The number of amides is 1. The van der Waals surface area contributed by atoms with Crippen molar-refractivity contribution in [2.45, 2.75) is 39.5 Å². The summed E-state index contributed by atoms with van der Waals surface area (Å²) in [6.45, 7) is 6.60. The van der Waals surface area contributed by atoms with Crippen molar-refractivity contribution < 1.29 is 9.53 Å². The summed E-state index contributed by atoms with van der Waals surface area (Å²) in [6, 6.07) is 7.87. The van der Waals surface area contributed by atoms with Crippen LogP contribution in [0.25, 0.3) is 0 Å². The molecule has 23 heavy (non-hydrogen) atoms. The Balaban J connectivity index is 1.95. The number of anilines is 1. The molecule has 0 aliphatic rings. The molecule has 2 N–H and O–H groups in total. The molecule has 1 aromatic heterocycles. The van der Waals surface area contributed by atoms with Gasteiger partial charge < -0.3 is 19.9 Å². The van der Waals surface area contributed by atoms with Crippen LogP contribution in [0.1, 0.15) is 32.0 Å². The lowest BCUT2D eigenvalue weighted by atomic mass is 10.1. The SMILES string of the molecule is Cn1cncc1CNc1ccccc1CNC(=O)OC(C)(C)C. The second-order valence-corrected chi connectivity index (χ2v) is 6.36. The molecule has 6 nitrogen and oxygen atoms in total. The predicted octanol–water partition coefficient (Wildman–Crippen LogP) is 3.06. The Hall–Kier alpha value is -2.50. The maximum atomic E-state index is 11.8. The minimum absolute atomic E-state index is 0.406. The molecule has 1 aromatic carbocycles. The van der Waals surface area contributed by atoms with Gasteiger partial charge in [0.2, 0.25) is 0 Å². The normalized spacial score (nSPS) is 11.1. The Bertz CT molecular complexity index is 659. The molecule has 2 rings (SSSR count).